The van der Waals surface area contributed by atoms with Crippen molar-refractivity contribution in [1.82, 2.24) is 15.3 Å². The van der Waals surface area contributed by atoms with E-state index in [1.165, 1.54) is 5.56 Å². The molecule has 2 N–H and O–H groups in total. The third-order valence-electron chi connectivity index (χ3n) is 4.42. The van der Waals surface area contributed by atoms with Gasteiger partial charge >= 0.3 is 0 Å². The van der Waals surface area contributed by atoms with Gasteiger partial charge in [0.05, 0.1) is 11.4 Å². The van der Waals surface area contributed by atoms with Crippen LogP contribution in [-0.2, 0) is 18.5 Å². The largest absolute Gasteiger partial charge is 0.507 e. The van der Waals surface area contributed by atoms with Gasteiger partial charge in [0.1, 0.15) is 5.75 Å². The molecule has 2 aromatic heterocycles. The van der Waals surface area contributed by atoms with Crippen LogP contribution in [0.15, 0.2) is 60.9 Å². The van der Waals surface area contributed by atoms with Crippen molar-refractivity contribution in [2.45, 2.75) is 53.1 Å². The Morgan fingerprint density at radius 3 is 1.64 bits per heavy atom. The number of hydrogen-bond donors (Lipinski definition) is 2. The molecule has 3 aromatic rings. The molecule has 28 heavy (non-hydrogen) atoms. The molecule has 0 atom stereocenters. The number of benzene rings is 1. The number of rotatable bonds is 4. The number of aryl methyl sites for hydroxylation is 2. The van der Waals surface area contributed by atoms with Crippen LogP contribution in [-0.4, -0.2) is 15.1 Å². The summed E-state index contributed by atoms with van der Waals surface area (Å²) in [5.74, 6) is 0.424. The molecule has 148 valence electrons. The lowest BCUT2D eigenvalue weighted by Gasteiger charge is -2.20. The molecule has 1 aromatic carbocycles. The van der Waals surface area contributed by atoms with Crippen molar-refractivity contribution in [3.8, 4) is 5.75 Å². The Bertz CT molecular complexity index is 794. The first-order chi connectivity index (χ1) is 13.3. The van der Waals surface area contributed by atoms with Gasteiger partial charge in [0.2, 0.25) is 0 Å². The van der Waals surface area contributed by atoms with Crippen molar-refractivity contribution in [1.29, 1.82) is 0 Å². The average molecular weight is 378 g/mol. The van der Waals surface area contributed by atoms with Gasteiger partial charge < -0.3 is 10.4 Å². The lowest BCUT2D eigenvalue weighted by molar-refractivity contribution is 0.465. The van der Waals surface area contributed by atoms with Gasteiger partial charge in [-0.25, -0.2) is 0 Å². The normalized spacial score (nSPS) is 10.9. The van der Waals surface area contributed by atoms with Crippen molar-refractivity contribution in [2.24, 2.45) is 0 Å². The quantitative estimate of drug-likeness (QED) is 0.666. The lowest BCUT2D eigenvalue weighted by atomic mass is 9.85. The molecule has 0 unspecified atom stereocenters. The fourth-order valence-electron chi connectivity index (χ4n) is 2.71. The molecule has 4 nitrogen and oxygen atoms in total. The minimum absolute atomic E-state index is 0.156. The predicted octanol–water partition coefficient (Wildman–Crippen LogP) is 5.07. The zero-order valence-electron chi connectivity index (χ0n) is 17.5. The second kappa shape index (κ2) is 10.00. The van der Waals surface area contributed by atoms with Crippen LogP contribution in [0.3, 0.4) is 0 Å². The topological polar surface area (TPSA) is 58.0 Å². The van der Waals surface area contributed by atoms with Crippen LogP contribution in [0.4, 0.5) is 0 Å². The Morgan fingerprint density at radius 1 is 0.821 bits per heavy atom. The second-order valence-corrected chi connectivity index (χ2v) is 7.95. The number of aromatic nitrogens is 2. The van der Waals surface area contributed by atoms with Gasteiger partial charge in [0.25, 0.3) is 0 Å². The van der Waals surface area contributed by atoms with Crippen LogP contribution < -0.4 is 5.32 Å². The summed E-state index contributed by atoms with van der Waals surface area (Å²) in [5, 5.41) is 12.9. The standard InChI is InChI=1S/C12H13N3.C12H18O/c1-3-7-14-11(5-1)9-13-10-12-6-2-4-8-15-12;1-8-6-10(12(3,4)5)7-9(2)11(8)13/h1-8,13H,9-10H2;6-7,13H,1-5H3. The average Bonchev–Trinajstić information content (AvgIpc) is 2.67. The molecule has 0 radical (unpaired) electrons. The molecular weight excluding hydrogens is 346 g/mol. The van der Waals surface area contributed by atoms with Gasteiger partial charge in [0.15, 0.2) is 0 Å². The van der Waals surface area contributed by atoms with Crippen molar-refractivity contribution in [2.75, 3.05) is 0 Å². The van der Waals surface area contributed by atoms with Gasteiger partial charge in [-0.15, -0.1) is 0 Å². The molecule has 4 heteroatoms. The van der Waals surface area contributed by atoms with E-state index in [1.54, 1.807) is 12.4 Å². The molecular formula is C24H31N3O. The van der Waals surface area contributed by atoms with E-state index in [1.807, 2.05) is 50.2 Å². The first-order valence-electron chi connectivity index (χ1n) is 9.58. The highest BCUT2D eigenvalue weighted by Crippen LogP contribution is 2.29. The Morgan fingerprint density at radius 2 is 1.29 bits per heavy atom. The number of phenolic OH excluding ortho intramolecular Hbond substituents is 1. The maximum atomic E-state index is 9.60. The van der Waals surface area contributed by atoms with E-state index < -0.39 is 0 Å². The molecule has 2 heterocycles. The van der Waals surface area contributed by atoms with Crippen molar-refractivity contribution in [3.63, 3.8) is 0 Å². The maximum absolute atomic E-state index is 9.60. The summed E-state index contributed by atoms with van der Waals surface area (Å²) in [7, 11) is 0. The summed E-state index contributed by atoms with van der Waals surface area (Å²) in [6, 6.07) is 15.9. The summed E-state index contributed by atoms with van der Waals surface area (Å²) in [6.07, 6.45) is 3.61. The molecule has 0 saturated heterocycles. The van der Waals surface area contributed by atoms with Crippen molar-refractivity contribution < 1.29 is 5.11 Å². The third kappa shape index (κ3) is 6.78. The van der Waals surface area contributed by atoms with Crippen LogP contribution in [0.5, 0.6) is 5.75 Å². The SMILES string of the molecule is Cc1cc(C(C)(C)C)cc(C)c1O.c1ccc(CNCc2ccccn2)nc1. The van der Waals surface area contributed by atoms with E-state index in [0.717, 1.165) is 35.6 Å². The molecule has 0 aliphatic heterocycles. The van der Waals surface area contributed by atoms with E-state index in [-0.39, 0.29) is 5.41 Å². The summed E-state index contributed by atoms with van der Waals surface area (Å²) >= 11 is 0. The molecule has 0 saturated carbocycles. The van der Waals surface area contributed by atoms with E-state index in [4.69, 9.17) is 0 Å². The van der Waals surface area contributed by atoms with Gasteiger partial charge in [0, 0.05) is 25.5 Å². The van der Waals surface area contributed by atoms with E-state index in [9.17, 15) is 5.11 Å². The van der Waals surface area contributed by atoms with Crippen molar-refractivity contribution >= 4 is 0 Å². The molecule has 0 fully saturated rings. The van der Waals surface area contributed by atoms with Crippen LogP contribution in [0.1, 0.15) is 48.8 Å². The molecule has 3 rings (SSSR count). The van der Waals surface area contributed by atoms with Crippen LogP contribution in [0.25, 0.3) is 0 Å². The smallest absolute Gasteiger partial charge is 0.121 e. The number of nitrogens with zero attached hydrogens (tertiary/aromatic N) is 2. The number of phenols is 1. The Kier molecular flexibility index (Phi) is 7.70. The Balaban J connectivity index is 0.000000203. The monoisotopic (exact) mass is 377 g/mol. The highest BCUT2D eigenvalue weighted by molar-refractivity contribution is 5.44. The first-order valence-corrected chi connectivity index (χ1v) is 9.58. The molecule has 0 aliphatic rings. The van der Waals surface area contributed by atoms with Gasteiger partial charge in [-0.1, -0.05) is 45.0 Å². The van der Waals surface area contributed by atoms with Gasteiger partial charge in [-0.05, 0) is 60.2 Å². The number of nitrogens with one attached hydrogen (secondary N) is 1. The van der Waals surface area contributed by atoms with Gasteiger partial charge in [-0.3, -0.25) is 9.97 Å². The fourth-order valence-corrected chi connectivity index (χ4v) is 2.71. The summed E-state index contributed by atoms with van der Waals surface area (Å²) in [4.78, 5) is 8.45. The van der Waals surface area contributed by atoms with E-state index in [0.29, 0.717) is 5.75 Å². The fraction of sp³-hybridized carbons (Fsp3) is 0.333. The molecule has 0 amide bonds. The lowest BCUT2D eigenvalue weighted by Crippen LogP contribution is -2.14. The minimum atomic E-state index is 0.156. The third-order valence-corrected chi connectivity index (χ3v) is 4.42. The molecule has 0 bridgehead atoms. The number of hydrogen-bond acceptors (Lipinski definition) is 4. The Labute approximate surface area is 168 Å². The summed E-state index contributed by atoms with van der Waals surface area (Å²) < 4.78 is 0. The Hall–Kier alpha value is -2.72. The number of pyridine rings is 2. The summed E-state index contributed by atoms with van der Waals surface area (Å²) in [5.41, 5.74) is 5.46. The first kappa shape index (κ1) is 21.6. The zero-order valence-corrected chi connectivity index (χ0v) is 17.5. The highest BCUT2D eigenvalue weighted by Gasteiger charge is 2.15. The van der Waals surface area contributed by atoms with Crippen LogP contribution >= 0.6 is 0 Å². The van der Waals surface area contributed by atoms with Crippen LogP contribution in [0, 0.1) is 13.8 Å². The minimum Gasteiger partial charge on any atom is -0.507 e. The van der Waals surface area contributed by atoms with E-state index >= 15 is 0 Å². The zero-order chi connectivity index (χ0) is 20.6. The molecule has 0 aliphatic carbocycles. The predicted molar refractivity (Wildman–Crippen MR) is 115 cm³/mol. The second-order valence-electron chi connectivity index (χ2n) is 7.95. The van der Waals surface area contributed by atoms with E-state index in [2.05, 4.69) is 48.2 Å². The summed E-state index contributed by atoms with van der Waals surface area (Å²) in [6.45, 7) is 12.0. The molecule has 0 spiro atoms. The highest BCUT2D eigenvalue weighted by atomic mass is 16.3. The van der Waals surface area contributed by atoms with Crippen LogP contribution in [0.2, 0.25) is 0 Å². The van der Waals surface area contributed by atoms with Crippen molar-refractivity contribution in [3.05, 3.63) is 89.0 Å². The van der Waals surface area contributed by atoms with Gasteiger partial charge in [-0.2, -0.15) is 0 Å². The maximum Gasteiger partial charge on any atom is 0.121 e. The number of aromatic hydroxyl groups is 1.